The van der Waals surface area contributed by atoms with E-state index in [1.54, 1.807) is 11.4 Å². The molecule has 0 fully saturated rings. The van der Waals surface area contributed by atoms with Crippen LogP contribution >= 0.6 is 0 Å². The molecule has 0 aromatic heterocycles. The Morgan fingerprint density at radius 1 is 1.53 bits per heavy atom. The van der Waals surface area contributed by atoms with Gasteiger partial charge in [0.1, 0.15) is 5.92 Å². The van der Waals surface area contributed by atoms with Crippen LogP contribution in [0.5, 0.6) is 0 Å². The molecule has 1 unspecified atom stereocenters. The lowest BCUT2D eigenvalue weighted by atomic mass is 10.1. The maximum absolute atomic E-state index is 12.3. The molecular weight excluding hydrogens is 216 g/mol. The third-order valence-corrected chi connectivity index (χ3v) is 1.70. The van der Waals surface area contributed by atoms with E-state index in [4.69, 9.17) is 5.26 Å². The first-order chi connectivity index (χ1) is 6.85. The lowest BCUT2D eigenvalue weighted by molar-refractivity contribution is -0.137. The Morgan fingerprint density at radius 2 is 2.07 bits per heavy atom. The molecule has 0 saturated carbocycles. The van der Waals surface area contributed by atoms with Gasteiger partial charge in [0.15, 0.2) is 0 Å². The van der Waals surface area contributed by atoms with Gasteiger partial charge in [0.2, 0.25) is 5.91 Å². The first-order valence-corrected chi connectivity index (χ1v) is 4.18. The standard InChI is InChI=1S/C8H10F4N2O/c1-2-5(3-13)6(15)14-4-8(11,12)7(9)10/h5,7H,2,4H2,1H3,(H,14,15). The molecule has 3 nitrogen and oxygen atoms in total. The summed E-state index contributed by atoms with van der Waals surface area (Å²) >= 11 is 0. The molecule has 0 aliphatic rings. The van der Waals surface area contributed by atoms with Gasteiger partial charge >= 0.3 is 12.3 Å². The van der Waals surface area contributed by atoms with Crippen molar-refractivity contribution in [2.24, 2.45) is 5.92 Å². The Hall–Kier alpha value is -1.32. The summed E-state index contributed by atoms with van der Waals surface area (Å²) in [6.45, 7) is 0.0560. The topological polar surface area (TPSA) is 52.9 Å². The highest BCUT2D eigenvalue weighted by Crippen LogP contribution is 2.21. The van der Waals surface area contributed by atoms with Crippen LogP contribution in [-0.2, 0) is 4.79 Å². The van der Waals surface area contributed by atoms with Gasteiger partial charge in [-0.1, -0.05) is 6.92 Å². The summed E-state index contributed by atoms with van der Waals surface area (Å²) in [6.07, 6.45) is -3.69. The number of amides is 1. The van der Waals surface area contributed by atoms with E-state index < -0.39 is 30.7 Å². The minimum atomic E-state index is -4.26. The molecule has 1 atom stereocenters. The Labute approximate surface area is 84.1 Å². The molecule has 0 aromatic carbocycles. The number of halogens is 4. The van der Waals surface area contributed by atoms with Gasteiger partial charge in [-0.05, 0) is 6.42 Å². The normalized spacial score (nSPS) is 13.4. The van der Waals surface area contributed by atoms with Crippen LogP contribution in [-0.4, -0.2) is 24.8 Å². The number of carbonyl (C=O) groups is 1. The van der Waals surface area contributed by atoms with E-state index in [1.807, 2.05) is 0 Å². The van der Waals surface area contributed by atoms with E-state index in [1.165, 1.54) is 6.92 Å². The zero-order valence-corrected chi connectivity index (χ0v) is 7.94. The van der Waals surface area contributed by atoms with Crippen molar-refractivity contribution in [2.45, 2.75) is 25.7 Å². The van der Waals surface area contributed by atoms with Gasteiger partial charge in [-0.25, -0.2) is 8.78 Å². The molecular formula is C8H10F4N2O. The lowest BCUT2D eigenvalue weighted by Crippen LogP contribution is -2.43. The maximum atomic E-state index is 12.3. The molecule has 0 radical (unpaired) electrons. The van der Waals surface area contributed by atoms with Crippen LogP contribution in [0.2, 0.25) is 0 Å². The van der Waals surface area contributed by atoms with E-state index in [9.17, 15) is 22.4 Å². The fourth-order valence-corrected chi connectivity index (χ4v) is 0.741. The first-order valence-electron chi connectivity index (χ1n) is 4.18. The average molecular weight is 226 g/mol. The largest absolute Gasteiger partial charge is 0.349 e. The molecule has 0 bridgehead atoms. The van der Waals surface area contributed by atoms with E-state index in [0.717, 1.165) is 0 Å². The number of hydrogen-bond donors (Lipinski definition) is 1. The van der Waals surface area contributed by atoms with Gasteiger partial charge in [0, 0.05) is 0 Å². The second kappa shape index (κ2) is 5.53. The van der Waals surface area contributed by atoms with Gasteiger partial charge in [-0.3, -0.25) is 4.79 Å². The zero-order chi connectivity index (χ0) is 12.1. The minimum Gasteiger partial charge on any atom is -0.349 e. The second-order valence-electron chi connectivity index (χ2n) is 2.87. The minimum absolute atomic E-state index is 0.141. The molecule has 0 spiro atoms. The first kappa shape index (κ1) is 13.7. The number of nitrogens with zero attached hydrogens (tertiary/aromatic N) is 1. The van der Waals surface area contributed by atoms with Crippen LogP contribution in [0, 0.1) is 17.2 Å². The van der Waals surface area contributed by atoms with Crippen molar-refractivity contribution in [3.63, 3.8) is 0 Å². The van der Waals surface area contributed by atoms with Crippen molar-refractivity contribution >= 4 is 5.91 Å². The van der Waals surface area contributed by atoms with Crippen molar-refractivity contribution in [3.05, 3.63) is 0 Å². The number of hydrogen-bond acceptors (Lipinski definition) is 2. The van der Waals surface area contributed by atoms with E-state index in [0.29, 0.717) is 0 Å². The van der Waals surface area contributed by atoms with Gasteiger partial charge in [-0.15, -0.1) is 0 Å². The third kappa shape index (κ3) is 4.14. The fourth-order valence-electron chi connectivity index (χ4n) is 0.741. The number of rotatable bonds is 5. The van der Waals surface area contributed by atoms with Crippen molar-refractivity contribution < 1.29 is 22.4 Å². The van der Waals surface area contributed by atoms with Crippen molar-refractivity contribution in [3.8, 4) is 6.07 Å². The van der Waals surface area contributed by atoms with E-state index >= 15 is 0 Å². The number of alkyl halides is 4. The summed E-state index contributed by atoms with van der Waals surface area (Å²) in [6, 6.07) is 1.57. The van der Waals surface area contributed by atoms with Gasteiger partial charge in [0.25, 0.3) is 0 Å². The van der Waals surface area contributed by atoms with Crippen LogP contribution in [0.25, 0.3) is 0 Å². The van der Waals surface area contributed by atoms with Crippen molar-refractivity contribution in [1.29, 1.82) is 5.26 Å². The maximum Gasteiger partial charge on any atom is 0.324 e. The molecule has 0 aliphatic carbocycles. The highest BCUT2D eigenvalue weighted by Gasteiger charge is 2.41. The van der Waals surface area contributed by atoms with Crippen molar-refractivity contribution in [1.82, 2.24) is 5.32 Å². The zero-order valence-electron chi connectivity index (χ0n) is 7.94. The molecule has 0 aliphatic heterocycles. The predicted octanol–water partition coefficient (Wildman–Crippen LogP) is 1.55. The second-order valence-corrected chi connectivity index (χ2v) is 2.87. The Balaban J connectivity index is 4.18. The number of nitrogens with one attached hydrogen (secondary N) is 1. The predicted molar refractivity (Wildman–Crippen MR) is 43.4 cm³/mol. The smallest absolute Gasteiger partial charge is 0.324 e. The fraction of sp³-hybridized carbons (Fsp3) is 0.750. The summed E-state index contributed by atoms with van der Waals surface area (Å²) in [5, 5.41) is 10.0. The summed E-state index contributed by atoms with van der Waals surface area (Å²) in [5.41, 5.74) is 0. The molecule has 1 N–H and O–H groups in total. The summed E-state index contributed by atoms with van der Waals surface area (Å²) in [7, 11) is 0. The van der Waals surface area contributed by atoms with Crippen LogP contribution in [0.4, 0.5) is 17.6 Å². The highest BCUT2D eigenvalue weighted by atomic mass is 19.3. The summed E-state index contributed by atoms with van der Waals surface area (Å²) in [4.78, 5) is 11.0. The van der Waals surface area contributed by atoms with Crippen LogP contribution in [0.1, 0.15) is 13.3 Å². The average Bonchev–Trinajstić information content (AvgIpc) is 2.16. The summed E-state index contributed by atoms with van der Waals surface area (Å²) in [5.74, 6) is -6.30. The van der Waals surface area contributed by atoms with Gasteiger partial charge < -0.3 is 5.32 Å². The van der Waals surface area contributed by atoms with Crippen molar-refractivity contribution in [2.75, 3.05) is 6.54 Å². The van der Waals surface area contributed by atoms with E-state index in [2.05, 4.69) is 0 Å². The summed E-state index contributed by atoms with van der Waals surface area (Å²) < 4.78 is 48.0. The van der Waals surface area contributed by atoms with Gasteiger partial charge in [0.05, 0.1) is 12.6 Å². The molecule has 0 aromatic rings. The quantitative estimate of drug-likeness (QED) is 0.723. The lowest BCUT2D eigenvalue weighted by Gasteiger charge is -2.16. The van der Waals surface area contributed by atoms with Crippen LogP contribution < -0.4 is 5.32 Å². The number of nitriles is 1. The Kier molecular flexibility index (Phi) is 5.05. The third-order valence-electron chi connectivity index (χ3n) is 1.70. The molecule has 0 heterocycles. The molecule has 0 saturated heterocycles. The molecule has 15 heavy (non-hydrogen) atoms. The SMILES string of the molecule is CCC(C#N)C(=O)NCC(F)(F)C(F)F. The van der Waals surface area contributed by atoms with Crippen LogP contribution in [0.3, 0.4) is 0 Å². The van der Waals surface area contributed by atoms with Crippen LogP contribution in [0.15, 0.2) is 0 Å². The Bertz CT molecular complexity index is 262. The monoisotopic (exact) mass is 226 g/mol. The molecule has 7 heteroatoms. The molecule has 0 rings (SSSR count). The molecule has 1 amide bonds. The molecule has 86 valence electrons. The number of carbonyl (C=O) groups excluding carboxylic acids is 1. The highest BCUT2D eigenvalue weighted by molar-refractivity contribution is 5.80. The van der Waals surface area contributed by atoms with E-state index in [-0.39, 0.29) is 6.42 Å². The van der Waals surface area contributed by atoms with Gasteiger partial charge in [-0.2, -0.15) is 14.0 Å². The Morgan fingerprint density at radius 3 is 2.40 bits per heavy atom.